The molecule has 3 N–H and O–H groups in total. The summed E-state index contributed by atoms with van der Waals surface area (Å²) >= 11 is 0. The van der Waals surface area contributed by atoms with Gasteiger partial charge in [0, 0.05) is 24.8 Å². The Bertz CT molecular complexity index is 1160. The molecule has 0 aliphatic rings. The van der Waals surface area contributed by atoms with E-state index in [-0.39, 0.29) is 5.82 Å². The molecule has 0 amide bonds. The first-order valence-electron chi connectivity index (χ1n) is 9.48. The molecule has 0 radical (unpaired) electrons. The largest absolute Gasteiger partial charge is 0.490 e. The normalized spacial score (nSPS) is 11.0. The van der Waals surface area contributed by atoms with Crippen LogP contribution in [0.1, 0.15) is 11.1 Å². The third-order valence-corrected chi connectivity index (χ3v) is 4.30. The molecule has 0 aliphatic heterocycles. The molecule has 4 rings (SSSR count). The molecular formula is C21H18F4N6O2. The Labute approximate surface area is 184 Å². The number of nitrogens with zero attached hydrogens (tertiary/aromatic N) is 4. The predicted octanol–water partition coefficient (Wildman–Crippen LogP) is 3.72. The highest BCUT2D eigenvalue weighted by Crippen LogP contribution is 2.16. The Kier molecular flexibility index (Phi) is 7.51. The Morgan fingerprint density at radius 3 is 2.12 bits per heavy atom. The van der Waals surface area contributed by atoms with E-state index in [2.05, 4.69) is 25.8 Å². The van der Waals surface area contributed by atoms with E-state index in [0.717, 1.165) is 34.6 Å². The maximum absolute atomic E-state index is 12.9. The molecular weight excluding hydrogens is 444 g/mol. The molecule has 0 spiro atoms. The van der Waals surface area contributed by atoms with Crippen LogP contribution in [-0.2, 0) is 17.9 Å². The minimum absolute atomic E-state index is 0.214. The molecule has 2 aromatic heterocycles. The SMILES string of the molecule is Fc1ccc(CNCc2ccc(-n3cc(-c4cn[nH]c4)nn3)cc2)cc1.O=C(O)C(F)(F)F. The lowest BCUT2D eigenvalue weighted by molar-refractivity contribution is -0.192. The summed E-state index contributed by atoms with van der Waals surface area (Å²) in [7, 11) is 0. The smallest absolute Gasteiger partial charge is 0.475 e. The van der Waals surface area contributed by atoms with Gasteiger partial charge in [-0.3, -0.25) is 5.10 Å². The van der Waals surface area contributed by atoms with Crippen molar-refractivity contribution in [1.29, 1.82) is 0 Å². The highest BCUT2D eigenvalue weighted by molar-refractivity contribution is 5.73. The van der Waals surface area contributed by atoms with Gasteiger partial charge in [-0.1, -0.05) is 29.5 Å². The summed E-state index contributed by atoms with van der Waals surface area (Å²) < 4.78 is 46.4. The standard InChI is InChI=1S/C19H17FN6.C2HF3O2/c20-17-5-1-14(2-6-17)9-21-10-15-3-7-18(8-4-15)26-13-19(24-25-26)16-11-22-23-12-16;3-2(4,5)1(6)7/h1-8,11-13,21H,9-10H2,(H,22,23);(H,6,7). The lowest BCUT2D eigenvalue weighted by Crippen LogP contribution is -2.21. The molecule has 33 heavy (non-hydrogen) atoms. The summed E-state index contributed by atoms with van der Waals surface area (Å²) in [5.41, 5.74) is 4.82. The number of carboxylic acids is 1. The third kappa shape index (κ3) is 6.97. The Hall–Kier alpha value is -4.06. The molecule has 172 valence electrons. The quantitative estimate of drug-likeness (QED) is 0.377. The van der Waals surface area contributed by atoms with Crippen LogP contribution in [0.2, 0.25) is 0 Å². The van der Waals surface area contributed by atoms with Crippen molar-refractivity contribution in [2.45, 2.75) is 19.3 Å². The lowest BCUT2D eigenvalue weighted by Gasteiger charge is -2.06. The van der Waals surface area contributed by atoms with Gasteiger partial charge in [0.1, 0.15) is 11.5 Å². The third-order valence-electron chi connectivity index (χ3n) is 4.30. The fraction of sp³-hybridized carbons (Fsp3) is 0.143. The van der Waals surface area contributed by atoms with Crippen molar-refractivity contribution in [1.82, 2.24) is 30.5 Å². The van der Waals surface area contributed by atoms with E-state index in [1.807, 2.05) is 30.5 Å². The first-order valence-corrected chi connectivity index (χ1v) is 9.48. The number of carboxylic acid groups (broad SMARTS) is 1. The predicted molar refractivity (Wildman–Crippen MR) is 110 cm³/mol. The van der Waals surface area contributed by atoms with Crippen LogP contribution >= 0.6 is 0 Å². The minimum atomic E-state index is -5.08. The van der Waals surface area contributed by atoms with Gasteiger partial charge in [0.2, 0.25) is 0 Å². The topological polar surface area (TPSA) is 109 Å². The van der Waals surface area contributed by atoms with Crippen LogP contribution in [0, 0.1) is 5.82 Å². The summed E-state index contributed by atoms with van der Waals surface area (Å²) in [6, 6.07) is 14.6. The number of aromatic amines is 1. The van der Waals surface area contributed by atoms with Crippen molar-refractivity contribution in [3.8, 4) is 16.9 Å². The zero-order chi connectivity index (χ0) is 23.8. The highest BCUT2D eigenvalue weighted by atomic mass is 19.4. The molecule has 0 atom stereocenters. The van der Waals surface area contributed by atoms with Gasteiger partial charge >= 0.3 is 12.1 Å². The van der Waals surface area contributed by atoms with Crippen molar-refractivity contribution in [2.24, 2.45) is 0 Å². The monoisotopic (exact) mass is 462 g/mol. The average Bonchev–Trinajstić information content (AvgIpc) is 3.48. The summed E-state index contributed by atoms with van der Waals surface area (Å²) in [5, 5.41) is 25.5. The number of hydrogen-bond donors (Lipinski definition) is 3. The lowest BCUT2D eigenvalue weighted by atomic mass is 10.2. The number of halogens is 4. The van der Waals surface area contributed by atoms with Gasteiger partial charge in [-0.15, -0.1) is 5.10 Å². The van der Waals surface area contributed by atoms with Gasteiger partial charge in [-0.25, -0.2) is 13.9 Å². The van der Waals surface area contributed by atoms with E-state index in [1.54, 1.807) is 29.2 Å². The highest BCUT2D eigenvalue weighted by Gasteiger charge is 2.38. The van der Waals surface area contributed by atoms with Crippen molar-refractivity contribution in [2.75, 3.05) is 0 Å². The average molecular weight is 462 g/mol. The zero-order valence-electron chi connectivity index (χ0n) is 16.9. The molecule has 4 aromatic rings. The summed E-state index contributed by atoms with van der Waals surface area (Å²) in [6.07, 6.45) is 0.279. The molecule has 0 aliphatic carbocycles. The summed E-state index contributed by atoms with van der Waals surface area (Å²) in [4.78, 5) is 8.90. The van der Waals surface area contributed by atoms with Crippen molar-refractivity contribution in [3.63, 3.8) is 0 Å². The van der Waals surface area contributed by atoms with E-state index >= 15 is 0 Å². The number of H-pyrrole nitrogens is 1. The molecule has 2 aromatic carbocycles. The van der Waals surface area contributed by atoms with Gasteiger partial charge in [-0.2, -0.15) is 18.3 Å². The molecule has 0 saturated carbocycles. The fourth-order valence-corrected chi connectivity index (χ4v) is 2.63. The maximum atomic E-state index is 12.9. The number of aromatic nitrogens is 5. The van der Waals surface area contributed by atoms with Crippen molar-refractivity contribution in [3.05, 3.63) is 84.1 Å². The van der Waals surface area contributed by atoms with Crippen LogP contribution < -0.4 is 5.32 Å². The number of benzene rings is 2. The number of carbonyl (C=O) groups is 1. The zero-order valence-corrected chi connectivity index (χ0v) is 16.9. The van der Waals surface area contributed by atoms with E-state index in [1.165, 1.54) is 12.1 Å². The minimum Gasteiger partial charge on any atom is -0.475 e. The van der Waals surface area contributed by atoms with Gasteiger partial charge in [0.25, 0.3) is 0 Å². The van der Waals surface area contributed by atoms with E-state index in [0.29, 0.717) is 6.54 Å². The van der Waals surface area contributed by atoms with Crippen molar-refractivity contribution < 1.29 is 27.5 Å². The van der Waals surface area contributed by atoms with Gasteiger partial charge in [0.05, 0.1) is 18.1 Å². The molecule has 0 unspecified atom stereocenters. The first-order chi connectivity index (χ1) is 15.7. The second kappa shape index (κ2) is 10.5. The van der Waals surface area contributed by atoms with Crippen LogP contribution in [0.5, 0.6) is 0 Å². The fourth-order valence-electron chi connectivity index (χ4n) is 2.63. The molecule has 12 heteroatoms. The number of nitrogens with one attached hydrogen (secondary N) is 2. The van der Waals surface area contributed by atoms with E-state index in [4.69, 9.17) is 9.90 Å². The van der Waals surface area contributed by atoms with Gasteiger partial charge in [0.15, 0.2) is 0 Å². The maximum Gasteiger partial charge on any atom is 0.490 e. The molecule has 0 fully saturated rings. The van der Waals surface area contributed by atoms with Crippen LogP contribution in [0.3, 0.4) is 0 Å². The van der Waals surface area contributed by atoms with Crippen LogP contribution in [-0.4, -0.2) is 42.4 Å². The number of rotatable bonds is 6. The van der Waals surface area contributed by atoms with E-state index < -0.39 is 12.1 Å². The number of hydrogen-bond acceptors (Lipinski definition) is 5. The van der Waals surface area contributed by atoms with E-state index in [9.17, 15) is 17.6 Å². The van der Waals surface area contributed by atoms with Gasteiger partial charge in [-0.05, 0) is 35.4 Å². The molecule has 8 nitrogen and oxygen atoms in total. The molecule has 0 bridgehead atoms. The van der Waals surface area contributed by atoms with Crippen molar-refractivity contribution >= 4 is 5.97 Å². The van der Waals surface area contributed by atoms with Crippen LogP contribution in [0.15, 0.2) is 67.1 Å². The molecule has 0 saturated heterocycles. The Morgan fingerprint density at radius 1 is 1.03 bits per heavy atom. The Balaban J connectivity index is 0.000000383. The summed E-state index contributed by atoms with van der Waals surface area (Å²) in [5.74, 6) is -2.97. The summed E-state index contributed by atoms with van der Waals surface area (Å²) in [6.45, 7) is 1.43. The van der Waals surface area contributed by atoms with Crippen LogP contribution in [0.4, 0.5) is 17.6 Å². The molecule has 2 heterocycles. The Morgan fingerprint density at radius 2 is 1.61 bits per heavy atom. The second-order valence-corrected chi connectivity index (χ2v) is 6.73. The first kappa shape index (κ1) is 23.6. The second-order valence-electron chi connectivity index (χ2n) is 6.73. The number of aliphatic carboxylic acids is 1. The van der Waals surface area contributed by atoms with Gasteiger partial charge < -0.3 is 10.4 Å². The van der Waals surface area contributed by atoms with Crippen LogP contribution in [0.25, 0.3) is 16.9 Å². The number of alkyl halides is 3.